The van der Waals surface area contributed by atoms with E-state index in [-0.39, 0.29) is 23.9 Å². The fraction of sp³-hybridized carbons (Fsp3) is 0.333. The first-order valence-electron chi connectivity index (χ1n) is 7.85. The van der Waals surface area contributed by atoms with Crippen LogP contribution in [0.2, 0.25) is 0 Å². The zero-order valence-corrected chi connectivity index (χ0v) is 13.1. The molecule has 0 bridgehead atoms. The van der Waals surface area contributed by atoms with Gasteiger partial charge in [0.2, 0.25) is 0 Å². The molecule has 120 valence electrons. The first kappa shape index (κ1) is 15.5. The minimum Gasteiger partial charge on any atom is -0.331 e. The van der Waals surface area contributed by atoms with Crippen LogP contribution in [0.4, 0.5) is 9.18 Å². The van der Waals surface area contributed by atoms with Gasteiger partial charge in [-0.15, -0.1) is 0 Å². The number of rotatable bonds is 5. The molecule has 1 N–H and O–H groups in total. The molecule has 1 heterocycles. The molecule has 1 aromatic heterocycles. The summed E-state index contributed by atoms with van der Waals surface area (Å²) >= 11 is 0. The van der Waals surface area contributed by atoms with E-state index >= 15 is 0 Å². The van der Waals surface area contributed by atoms with Crippen molar-refractivity contribution in [3.05, 3.63) is 65.7 Å². The minimum atomic E-state index is -0.270. The van der Waals surface area contributed by atoms with Crippen LogP contribution < -0.4 is 5.32 Å². The molecule has 2 amide bonds. The highest BCUT2D eigenvalue weighted by atomic mass is 19.1. The van der Waals surface area contributed by atoms with Crippen molar-refractivity contribution in [3.63, 3.8) is 0 Å². The summed E-state index contributed by atoms with van der Waals surface area (Å²) in [6.45, 7) is 2.23. The van der Waals surface area contributed by atoms with Crippen LogP contribution in [0.5, 0.6) is 0 Å². The van der Waals surface area contributed by atoms with E-state index < -0.39 is 0 Å². The Morgan fingerprint density at radius 1 is 1.30 bits per heavy atom. The Balaban J connectivity index is 1.69. The number of hydrogen-bond acceptors (Lipinski definition) is 2. The van der Waals surface area contributed by atoms with Crippen molar-refractivity contribution in [2.75, 3.05) is 0 Å². The average Bonchev–Trinajstić information content (AvgIpc) is 3.39. The Morgan fingerprint density at radius 3 is 2.65 bits per heavy atom. The van der Waals surface area contributed by atoms with Crippen molar-refractivity contribution >= 4 is 6.03 Å². The third-order valence-corrected chi connectivity index (χ3v) is 4.09. The first-order chi connectivity index (χ1) is 11.1. The molecule has 1 aromatic carbocycles. The SMILES string of the molecule is C[C@@H](NC(=O)N(Cc1ccccc1F)C1CC1)c1ccncc1. The molecule has 1 aliphatic rings. The Kier molecular flexibility index (Phi) is 4.55. The minimum absolute atomic E-state index is 0.118. The van der Waals surface area contributed by atoms with Crippen molar-refractivity contribution in [2.24, 2.45) is 0 Å². The van der Waals surface area contributed by atoms with Crippen LogP contribution in [0.25, 0.3) is 0 Å². The molecule has 0 unspecified atom stereocenters. The van der Waals surface area contributed by atoms with Crippen LogP contribution in [-0.4, -0.2) is 22.0 Å². The highest BCUT2D eigenvalue weighted by molar-refractivity contribution is 5.75. The summed E-state index contributed by atoms with van der Waals surface area (Å²) in [5, 5.41) is 2.99. The van der Waals surface area contributed by atoms with Gasteiger partial charge in [0.1, 0.15) is 5.82 Å². The van der Waals surface area contributed by atoms with Crippen molar-refractivity contribution in [2.45, 2.75) is 38.4 Å². The van der Waals surface area contributed by atoms with Crippen LogP contribution in [0.15, 0.2) is 48.8 Å². The summed E-state index contributed by atoms with van der Waals surface area (Å²) in [4.78, 5) is 18.3. The molecule has 0 saturated heterocycles. The topological polar surface area (TPSA) is 45.2 Å². The fourth-order valence-corrected chi connectivity index (χ4v) is 2.57. The number of nitrogens with zero attached hydrogens (tertiary/aromatic N) is 2. The molecule has 3 rings (SSSR count). The van der Waals surface area contributed by atoms with Crippen LogP contribution in [-0.2, 0) is 6.54 Å². The van der Waals surface area contributed by atoms with Gasteiger partial charge in [-0.1, -0.05) is 18.2 Å². The van der Waals surface area contributed by atoms with Gasteiger partial charge in [-0.2, -0.15) is 0 Å². The van der Waals surface area contributed by atoms with Crippen molar-refractivity contribution in [3.8, 4) is 0 Å². The predicted octanol–water partition coefficient (Wildman–Crippen LogP) is 3.66. The van der Waals surface area contributed by atoms with Crippen molar-refractivity contribution < 1.29 is 9.18 Å². The van der Waals surface area contributed by atoms with Gasteiger partial charge in [-0.3, -0.25) is 4.98 Å². The molecule has 5 heteroatoms. The summed E-state index contributed by atoms with van der Waals surface area (Å²) in [6, 6.07) is 10.3. The fourth-order valence-electron chi connectivity index (χ4n) is 2.57. The number of nitrogens with one attached hydrogen (secondary N) is 1. The quantitative estimate of drug-likeness (QED) is 0.915. The largest absolute Gasteiger partial charge is 0.331 e. The second-order valence-electron chi connectivity index (χ2n) is 5.90. The lowest BCUT2D eigenvalue weighted by Crippen LogP contribution is -2.42. The summed E-state index contributed by atoms with van der Waals surface area (Å²) in [6.07, 6.45) is 5.36. The van der Waals surface area contributed by atoms with Gasteiger partial charge < -0.3 is 10.2 Å². The molecule has 1 atom stereocenters. The number of carbonyl (C=O) groups excluding carboxylic acids is 1. The summed E-state index contributed by atoms with van der Waals surface area (Å²) in [7, 11) is 0. The molecular weight excluding hydrogens is 293 g/mol. The van der Waals surface area contributed by atoms with Gasteiger partial charge in [0.15, 0.2) is 0 Å². The molecule has 2 aromatic rings. The summed E-state index contributed by atoms with van der Waals surface area (Å²) < 4.78 is 13.9. The monoisotopic (exact) mass is 313 g/mol. The van der Waals surface area contributed by atoms with E-state index in [1.165, 1.54) is 6.07 Å². The van der Waals surface area contributed by atoms with Gasteiger partial charge in [-0.25, -0.2) is 9.18 Å². The van der Waals surface area contributed by atoms with Crippen LogP contribution in [0.1, 0.15) is 36.9 Å². The zero-order valence-electron chi connectivity index (χ0n) is 13.1. The summed E-state index contributed by atoms with van der Waals surface area (Å²) in [5.41, 5.74) is 1.54. The molecule has 1 aliphatic carbocycles. The van der Waals surface area contributed by atoms with Crippen molar-refractivity contribution in [1.29, 1.82) is 0 Å². The maximum atomic E-state index is 13.9. The normalized spacial score (nSPS) is 15.0. The third-order valence-electron chi connectivity index (χ3n) is 4.09. The zero-order chi connectivity index (χ0) is 16.2. The molecule has 4 nitrogen and oxygen atoms in total. The number of pyridine rings is 1. The van der Waals surface area contributed by atoms with E-state index in [4.69, 9.17) is 0 Å². The maximum absolute atomic E-state index is 13.9. The molecule has 1 fully saturated rings. The van der Waals surface area contributed by atoms with Crippen LogP contribution in [0, 0.1) is 5.82 Å². The number of hydrogen-bond donors (Lipinski definition) is 1. The highest BCUT2D eigenvalue weighted by Gasteiger charge is 2.33. The van der Waals surface area contributed by atoms with Crippen LogP contribution >= 0.6 is 0 Å². The number of aromatic nitrogens is 1. The highest BCUT2D eigenvalue weighted by Crippen LogP contribution is 2.29. The summed E-state index contributed by atoms with van der Waals surface area (Å²) in [5.74, 6) is -0.270. The van der Waals surface area contributed by atoms with E-state index in [0.29, 0.717) is 12.1 Å². The van der Waals surface area contributed by atoms with E-state index in [1.54, 1.807) is 35.5 Å². The maximum Gasteiger partial charge on any atom is 0.318 e. The van der Waals surface area contributed by atoms with Gasteiger partial charge >= 0.3 is 6.03 Å². The Labute approximate surface area is 135 Å². The number of urea groups is 1. The number of amides is 2. The number of halogens is 1. The van der Waals surface area contributed by atoms with E-state index in [1.807, 2.05) is 19.1 Å². The van der Waals surface area contributed by atoms with E-state index in [9.17, 15) is 9.18 Å². The Bertz CT molecular complexity index is 673. The number of benzene rings is 1. The van der Waals surface area contributed by atoms with Gasteiger partial charge in [0.05, 0.1) is 12.6 Å². The van der Waals surface area contributed by atoms with Gasteiger partial charge in [0, 0.05) is 24.0 Å². The molecule has 23 heavy (non-hydrogen) atoms. The Morgan fingerprint density at radius 2 is 2.00 bits per heavy atom. The molecule has 1 saturated carbocycles. The molecule has 0 radical (unpaired) electrons. The second-order valence-corrected chi connectivity index (χ2v) is 5.90. The van der Waals surface area contributed by atoms with Gasteiger partial charge in [-0.05, 0) is 43.5 Å². The number of carbonyl (C=O) groups is 1. The third kappa shape index (κ3) is 3.86. The van der Waals surface area contributed by atoms with Crippen molar-refractivity contribution in [1.82, 2.24) is 15.2 Å². The van der Waals surface area contributed by atoms with E-state index in [0.717, 1.165) is 18.4 Å². The average molecular weight is 313 g/mol. The molecule has 0 aliphatic heterocycles. The second kappa shape index (κ2) is 6.77. The lowest BCUT2D eigenvalue weighted by molar-refractivity contribution is 0.188. The lowest BCUT2D eigenvalue weighted by Gasteiger charge is -2.25. The van der Waals surface area contributed by atoms with E-state index in [2.05, 4.69) is 10.3 Å². The van der Waals surface area contributed by atoms with Crippen LogP contribution in [0.3, 0.4) is 0 Å². The smallest absolute Gasteiger partial charge is 0.318 e. The standard InChI is InChI=1S/C18H20FN3O/c1-13(14-8-10-20-11-9-14)21-18(23)22(16-6-7-16)12-15-4-2-3-5-17(15)19/h2-5,8-11,13,16H,6-7,12H2,1H3,(H,21,23)/t13-/m1/s1. The lowest BCUT2D eigenvalue weighted by atomic mass is 10.1. The predicted molar refractivity (Wildman–Crippen MR) is 86.1 cm³/mol. The first-order valence-corrected chi connectivity index (χ1v) is 7.85. The van der Waals surface area contributed by atoms with Gasteiger partial charge in [0.25, 0.3) is 0 Å². The Hall–Kier alpha value is -2.43. The molecule has 0 spiro atoms. The molecular formula is C18H20FN3O.